The third kappa shape index (κ3) is 2.63. The lowest BCUT2D eigenvalue weighted by Gasteiger charge is -2.20. The summed E-state index contributed by atoms with van der Waals surface area (Å²) in [6.45, 7) is 0.546. The fourth-order valence-corrected chi connectivity index (χ4v) is 2.49. The molecule has 0 bridgehead atoms. The number of rotatable bonds is 4. The summed E-state index contributed by atoms with van der Waals surface area (Å²) in [4.78, 5) is 17.2. The van der Waals surface area contributed by atoms with E-state index < -0.39 is 5.97 Å². The van der Waals surface area contributed by atoms with Gasteiger partial charge in [-0.05, 0) is 12.1 Å². The van der Waals surface area contributed by atoms with Crippen molar-refractivity contribution in [3.63, 3.8) is 0 Å². The largest absolute Gasteiger partial charge is 0.478 e. The van der Waals surface area contributed by atoms with Gasteiger partial charge in [-0.1, -0.05) is 17.7 Å². The van der Waals surface area contributed by atoms with Gasteiger partial charge >= 0.3 is 5.97 Å². The predicted octanol–water partition coefficient (Wildman–Crippen LogP) is 3.13. The summed E-state index contributed by atoms with van der Waals surface area (Å²) < 4.78 is 0. The number of carboxylic acid groups (broad SMARTS) is 1. The highest BCUT2D eigenvalue weighted by molar-refractivity contribution is 7.07. The van der Waals surface area contributed by atoms with Crippen molar-refractivity contribution in [3.8, 4) is 0 Å². The van der Waals surface area contributed by atoms with Crippen molar-refractivity contribution in [1.29, 1.82) is 0 Å². The molecule has 1 aromatic carbocycles. The van der Waals surface area contributed by atoms with Gasteiger partial charge in [-0.3, -0.25) is 0 Å². The molecule has 0 aliphatic carbocycles. The van der Waals surface area contributed by atoms with Gasteiger partial charge in [0.15, 0.2) is 0 Å². The summed E-state index contributed by atoms with van der Waals surface area (Å²) >= 11 is 7.44. The normalized spacial score (nSPS) is 10.3. The minimum Gasteiger partial charge on any atom is -0.478 e. The van der Waals surface area contributed by atoms with Gasteiger partial charge in [0, 0.05) is 12.4 Å². The van der Waals surface area contributed by atoms with Gasteiger partial charge in [0.1, 0.15) is 5.56 Å². The molecule has 0 fully saturated rings. The maximum Gasteiger partial charge on any atom is 0.339 e. The highest BCUT2D eigenvalue weighted by Gasteiger charge is 2.17. The van der Waals surface area contributed by atoms with Gasteiger partial charge in [-0.25, -0.2) is 9.78 Å². The minimum absolute atomic E-state index is 0.122. The number of hydrogen-bond donors (Lipinski definition) is 1. The Bertz CT molecular complexity index is 557. The van der Waals surface area contributed by atoms with Crippen LogP contribution in [0.3, 0.4) is 0 Å². The second kappa shape index (κ2) is 5.37. The molecule has 0 saturated heterocycles. The predicted molar refractivity (Wildman–Crippen MR) is 72.6 cm³/mol. The third-order valence-corrected chi connectivity index (χ3v) is 3.45. The fraction of sp³-hybridized carbons (Fsp3) is 0.167. The van der Waals surface area contributed by atoms with Gasteiger partial charge in [0.2, 0.25) is 0 Å². The number of anilines is 1. The van der Waals surface area contributed by atoms with Gasteiger partial charge in [0.25, 0.3) is 0 Å². The molecule has 18 heavy (non-hydrogen) atoms. The molecule has 6 heteroatoms. The van der Waals surface area contributed by atoms with Crippen LogP contribution in [-0.4, -0.2) is 23.1 Å². The Hall–Kier alpha value is -1.59. The van der Waals surface area contributed by atoms with E-state index in [0.717, 1.165) is 5.69 Å². The average Bonchev–Trinajstić information content (AvgIpc) is 2.80. The van der Waals surface area contributed by atoms with E-state index in [0.29, 0.717) is 12.2 Å². The zero-order valence-corrected chi connectivity index (χ0v) is 11.2. The highest BCUT2D eigenvalue weighted by Crippen LogP contribution is 2.27. The molecule has 94 valence electrons. The van der Waals surface area contributed by atoms with Gasteiger partial charge in [-0.15, -0.1) is 11.3 Å². The molecule has 1 aromatic heterocycles. The van der Waals surface area contributed by atoms with Crippen molar-refractivity contribution in [1.82, 2.24) is 4.98 Å². The number of carboxylic acids is 1. The summed E-state index contributed by atoms with van der Waals surface area (Å²) in [7, 11) is 1.82. The van der Waals surface area contributed by atoms with Crippen molar-refractivity contribution in [2.24, 2.45) is 0 Å². The standard InChI is InChI=1S/C12H11ClN2O2S/c1-15(5-8-6-18-7-14-8)10-4-2-3-9(13)11(10)12(16)17/h2-4,6-7H,5H2,1H3,(H,16,17). The highest BCUT2D eigenvalue weighted by atomic mass is 35.5. The molecule has 0 spiro atoms. The molecule has 4 nitrogen and oxygen atoms in total. The minimum atomic E-state index is -1.03. The van der Waals surface area contributed by atoms with Crippen LogP contribution in [0.1, 0.15) is 16.1 Å². The van der Waals surface area contributed by atoms with E-state index in [1.165, 1.54) is 11.3 Å². The number of thiazole rings is 1. The van der Waals surface area contributed by atoms with Crippen LogP contribution in [0.2, 0.25) is 5.02 Å². The van der Waals surface area contributed by atoms with E-state index in [9.17, 15) is 9.90 Å². The van der Waals surface area contributed by atoms with Crippen molar-refractivity contribution in [3.05, 3.63) is 45.4 Å². The second-order valence-electron chi connectivity index (χ2n) is 3.77. The first-order valence-electron chi connectivity index (χ1n) is 5.19. The summed E-state index contributed by atoms with van der Waals surface area (Å²) in [5.41, 5.74) is 3.36. The van der Waals surface area contributed by atoms with Crippen molar-refractivity contribution in [2.45, 2.75) is 6.54 Å². The van der Waals surface area contributed by atoms with Gasteiger partial charge in [-0.2, -0.15) is 0 Å². The van der Waals surface area contributed by atoms with E-state index in [1.54, 1.807) is 23.7 Å². The summed E-state index contributed by atoms with van der Waals surface area (Å²) in [5, 5.41) is 11.4. The first-order valence-corrected chi connectivity index (χ1v) is 6.51. The van der Waals surface area contributed by atoms with Crippen LogP contribution < -0.4 is 4.90 Å². The van der Waals surface area contributed by atoms with E-state index in [4.69, 9.17) is 11.6 Å². The Morgan fingerprint density at radius 3 is 2.94 bits per heavy atom. The first kappa shape index (κ1) is 12.9. The molecule has 1 heterocycles. The molecule has 2 aromatic rings. The molecular weight excluding hydrogens is 272 g/mol. The topological polar surface area (TPSA) is 53.4 Å². The summed E-state index contributed by atoms with van der Waals surface area (Å²) in [6.07, 6.45) is 0. The van der Waals surface area contributed by atoms with Crippen LogP contribution in [0.4, 0.5) is 5.69 Å². The molecule has 0 aliphatic rings. The van der Waals surface area contributed by atoms with Crippen LogP contribution in [0.25, 0.3) is 0 Å². The number of hydrogen-bond acceptors (Lipinski definition) is 4. The molecule has 1 N–H and O–H groups in total. The molecular formula is C12H11ClN2O2S. The maximum atomic E-state index is 11.2. The quantitative estimate of drug-likeness (QED) is 0.936. The Labute approximate surface area is 113 Å². The number of nitrogens with zero attached hydrogens (tertiary/aromatic N) is 2. The molecule has 0 unspecified atom stereocenters. The Balaban J connectivity index is 2.32. The first-order chi connectivity index (χ1) is 8.59. The van der Waals surface area contributed by atoms with E-state index in [1.807, 2.05) is 17.3 Å². The van der Waals surface area contributed by atoms with E-state index >= 15 is 0 Å². The third-order valence-electron chi connectivity index (χ3n) is 2.50. The van der Waals surface area contributed by atoms with Crippen molar-refractivity contribution >= 4 is 34.6 Å². The SMILES string of the molecule is CN(Cc1cscn1)c1cccc(Cl)c1C(=O)O. The molecule has 0 aliphatic heterocycles. The Morgan fingerprint density at radius 1 is 1.56 bits per heavy atom. The van der Waals surface area contributed by atoms with E-state index in [2.05, 4.69) is 4.98 Å². The maximum absolute atomic E-state index is 11.2. The number of halogens is 1. The lowest BCUT2D eigenvalue weighted by atomic mass is 10.1. The summed E-state index contributed by atoms with van der Waals surface area (Å²) in [6, 6.07) is 5.05. The average molecular weight is 283 g/mol. The Morgan fingerprint density at radius 2 is 2.33 bits per heavy atom. The lowest BCUT2D eigenvalue weighted by molar-refractivity contribution is 0.0697. The van der Waals surface area contributed by atoms with E-state index in [-0.39, 0.29) is 10.6 Å². The van der Waals surface area contributed by atoms with Crippen LogP contribution in [-0.2, 0) is 6.54 Å². The fourth-order valence-electron chi connectivity index (χ4n) is 1.69. The zero-order valence-electron chi connectivity index (χ0n) is 9.63. The molecule has 0 atom stereocenters. The van der Waals surface area contributed by atoms with Gasteiger partial charge < -0.3 is 10.0 Å². The van der Waals surface area contributed by atoms with Crippen molar-refractivity contribution < 1.29 is 9.90 Å². The number of carbonyl (C=O) groups is 1. The lowest BCUT2D eigenvalue weighted by Crippen LogP contribution is -2.19. The van der Waals surface area contributed by atoms with Crippen LogP contribution in [0.5, 0.6) is 0 Å². The Kier molecular flexibility index (Phi) is 3.84. The molecule has 0 amide bonds. The molecule has 0 radical (unpaired) electrons. The number of aromatic nitrogens is 1. The van der Waals surface area contributed by atoms with Crippen LogP contribution in [0.15, 0.2) is 29.1 Å². The van der Waals surface area contributed by atoms with Crippen LogP contribution in [0, 0.1) is 0 Å². The molecule has 0 saturated carbocycles. The molecule has 2 rings (SSSR count). The van der Waals surface area contributed by atoms with Crippen LogP contribution >= 0.6 is 22.9 Å². The van der Waals surface area contributed by atoms with Crippen molar-refractivity contribution in [2.75, 3.05) is 11.9 Å². The number of benzene rings is 1. The monoisotopic (exact) mass is 282 g/mol. The smallest absolute Gasteiger partial charge is 0.339 e. The zero-order chi connectivity index (χ0) is 13.1. The second-order valence-corrected chi connectivity index (χ2v) is 4.90. The summed E-state index contributed by atoms with van der Waals surface area (Å²) in [5.74, 6) is -1.03. The number of aromatic carboxylic acids is 1. The van der Waals surface area contributed by atoms with Gasteiger partial charge in [0.05, 0.1) is 28.5 Å².